The van der Waals surface area contributed by atoms with E-state index in [2.05, 4.69) is 10.6 Å². The Balaban J connectivity index is 1.60. The summed E-state index contributed by atoms with van der Waals surface area (Å²) in [6, 6.07) is 1.67. The Labute approximate surface area is 81.5 Å². The Morgan fingerprint density at radius 3 is 1.85 bits per heavy atom. The molecule has 0 aromatic carbocycles. The van der Waals surface area contributed by atoms with Gasteiger partial charge in [0.1, 0.15) is 0 Å². The van der Waals surface area contributed by atoms with E-state index < -0.39 is 0 Å². The normalized spacial score (nSPS) is 35.1. The Morgan fingerprint density at radius 2 is 1.38 bits per heavy atom. The van der Waals surface area contributed by atoms with Gasteiger partial charge in [-0.15, -0.1) is 0 Å². The van der Waals surface area contributed by atoms with E-state index in [4.69, 9.17) is 0 Å². The van der Waals surface area contributed by atoms with Crippen molar-refractivity contribution in [2.24, 2.45) is 0 Å². The first kappa shape index (κ1) is 9.47. The lowest BCUT2D eigenvalue weighted by atomic mass is 9.98. The second-order valence-electron chi connectivity index (χ2n) is 4.52. The third-order valence-corrected chi connectivity index (χ3v) is 3.44. The monoisotopic (exact) mass is 182 g/mol. The van der Waals surface area contributed by atoms with Gasteiger partial charge in [-0.25, -0.2) is 0 Å². The van der Waals surface area contributed by atoms with E-state index >= 15 is 0 Å². The smallest absolute Gasteiger partial charge is 0.00681 e. The van der Waals surface area contributed by atoms with Gasteiger partial charge in [0.15, 0.2) is 0 Å². The maximum absolute atomic E-state index is 3.62. The van der Waals surface area contributed by atoms with E-state index in [0.29, 0.717) is 0 Å². The van der Waals surface area contributed by atoms with Gasteiger partial charge >= 0.3 is 0 Å². The largest absolute Gasteiger partial charge is 0.314 e. The van der Waals surface area contributed by atoms with Gasteiger partial charge in [-0.1, -0.05) is 6.42 Å². The molecule has 2 aliphatic heterocycles. The van der Waals surface area contributed by atoms with Crippen LogP contribution in [0, 0.1) is 0 Å². The predicted molar refractivity (Wildman–Crippen MR) is 55.9 cm³/mol. The zero-order valence-corrected chi connectivity index (χ0v) is 8.52. The van der Waals surface area contributed by atoms with Crippen LogP contribution in [0.2, 0.25) is 0 Å². The van der Waals surface area contributed by atoms with E-state index in [1.807, 2.05) is 0 Å². The Kier molecular flexibility index (Phi) is 3.62. The number of piperidine rings is 1. The molecule has 2 rings (SSSR count). The van der Waals surface area contributed by atoms with Crippen LogP contribution in [0.15, 0.2) is 0 Å². The van der Waals surface area contributed by atoms with Crippen molar-refractivity contribution in [1.82, 2.24) is 10.6 Å². The van der Waals surface area contributed by atoms with Crippen LogP contribution in [0.3, 0.4) is 0 Å². The number of nitrogens with one attached hydrogen (secondary N) is 2. The van der Waals surface area contributed by atoms with Crippen molar-refractivity contribution in [3.05, 3.63) is 0 Å². The molecule has 2 heterocycles. The second-order valence-corrected chi connectivity index (χ2v) is 4.52. The van der Waals surface area contributed by atoms with E-state index in [1.54, 1.807) is 0 Å². The Hall–Kier alpha value is -0.0800. The molecule has 2 N–H and O–H groups in total. The number of hydrogen-bond acceptors (Lipinski definition) is 2. The molecule has 2 fully saturated rings. The number of hydrogen-bond donors (Lipinski definition) is 2. The minimum atomic E-state index is 0.830. The molecular formula is C11H22N2. The van der Waals surface area contributed by atoms with Crippen LogP contribution in [0.1, 0.15) is 44.9 Å². The Bertz CT molecular complexity index is 135. The third-order valence-electron chi connectivity index (χ3n) is 3.44. The Morgan fingerprint density at radius 1 is 0.769 bits per heavy atom. The average Bonchev–Trinajstić information content (AvgIpc) is 2.69. The topological polar surface area (TPSA) is 24.1 Å². The molecule has 0 saturated carbocycles. The number of rotatable bonds is 3. The van der Waals surface area contributed by atoms with E-state index in [9.17, 15) is 0 Å². The highest BCUT2D eigenvalue weighted by atomic mass is 14.9. The molecule has 0 radical (unpaired) electrons. The summed E-state index contributed by atoms with van der Waals surface area (Å²) in [5.41, 5.74) is 0. The van der Waals surface area contributed by atoms with Crippen LogP contribution in [-0.4, -0.2) is 25.2 Å². The first-order valence-corrected chi connectivity index (χ1v) is 5.92. The van der Waals surface area contributed by atoms with Crippen molar-refractivity contribution < 1.29 is 0 Å². The van der Waals surface area contributed by atoms with E-state index in [-0.39, 0.29) is 0 Å². The van der Waals surface area contributed by atoms with Gasteiger partial charge in [0.2, 0.25) is 0 Å². The lowest BCUT2D eigenvalue weighted by Gasteiger charge is -2.24. The molecule has 2 heteroatoms. The van der Waals surface area contributed by atoms with Crippen LogP contribution in [-0.2, 0) is 0 Å². The summed E-state index contributed by atoms with van der Waals surface area (Å²) >= 11 is 0. The molecule has 2 nitrogen and oxygen atoms in total. The standard InChI is InChI=1S/C11H22N2/c1-2-8-12-10(4-1)6-7-11-5-3-9-13-11/h10-13H,1-9H2/t10?,11-/m1/s1. The van der Waals surface area contributed by atoms with Gasteiger partial charge in [0.25, 0.3) is 0 Å². The third kappa shape index (κ3) is 2.96. The van der Waals surface area contributed by atoms with Gasteiger partial charge in [0.05, 0.1) is 0 Å². The lowest BCUT2D eigenvalue weighted by Crippen LogP contribution is -2.35. The van der Waals surface area contributed by atoms with Crippen molar-refractivity contribution in [2.45, 2.75) is 57.0 Å². The first-order chi connectivity index (χ1) is 6.45. The summed E-state index contributed by atoms with van der Waals surface area (Å²) in [4.78, 5) is 0. The molecule has 76 valence electrons. The fourth-order valence-corrected chi connectivity index (χ4v) is 2.58. The predicted octanol–water partition coefficient (Wildman–Crippen LogP) is 1.66. The summed E-state index contributed by atoms with van der Waals surface area (Å²) in [5, 5.41) is 7.18. The SMILES string of the molecule is C1CCC(CC[C@H]2CCCN2)NC1. The minimum absolute atomic E-state index is 0.830. The van der Waals surface area contributed by atoms with Crippen molar-refractivity contribution in [2.75, 3.05) is 13.1 Å². The van der Waals surface area contributed by atoms with E-state index in [1.165, 1.54) is 58.0 Å². The molecule has 0 bridgehead atoms. The highest BCUT2D eigenvalue weighted by Crippen LogP contribution is 2.16. The maximum atomic E-state index is 3.62. The van der Waals surface area contributed by atoms with Crippen LogP contribution < -0.4 is 10.6 Å². The molecule has 0 aromatic heterocycles. The summed E-state index contributed by atoms with van der Waals surface area (Å²) in [5.74, 6) is 0. The summed E-state index contributed by atoms with van der Waals surface area (Å²) in [7, 11) is 0. The zero-order chi connectivity index (χ0) is 8.93. The van der Waals surface area contributed by atoms with Crippen LogP contribution in [0.5, 0.6) is 0 Å². The molecule has 2 atom stereocenters. The van der Waals surface area contributed by atoms with Crippen molar-refractivity contribution in [1.29, 1.82) is 0 Å². The van der Waals surface area contributed by atoms with Crippen molar-refractivity contribution in [3.63, 3.8) is 0 Å². The van der Waals surface area contributed by atoms with Gasteiger partial charge in [-0.2, -0.15) is 0 Å². The van der Waals surface area contributed by atoms with Crippen LogP contribution >= 0.6 is 0 Å². The van der Waals surface area contributed by atoms with Gasteiger partial charge in [-0.3, -0.25) is 0 Å². The van der Waals surface area contributed by atoms with E-state index in [0.717, 1.165) is 12.1 Å². The molecule has 0 aliphatic carbocycles. The first-order valence-electron chi connectivity index (χ1n) is 5.92. The van der Waals surface area contributed by atoms with Gasteiger partial charge in [0, 0.05) is 12.1 Å². The van der Waals surface area contributed by atoms with Crippen LogP contribution in [0.25, 0.3) is 0 Å². The summed E-state index contributed by atoms with van der Waals surface area (Å²) in [6.45, 7) is 2.51. The summed E-state index contributed by atoms with van der Waals surface area (Å²) in [6.07, 6.45) is 9.81. The highest BCUT2D eigenvalue weighted by molar-refractivity contribution is 4.78. The fourth-order valence-electron chi connectivity index (χ4n) is 2.58. The molecule has 0 amide bonds. The molecule has 1 unspecified atom stereocenters. The maximum Gasteiger partial charge on any atom is 0.00681 e. The molecule has 2 saturated heterocycles. The quantitative estimate of drug-likeness (QED) is 0.693. The molecule has 0 aromatic rings. The van der Waals surface area contributed by atoms with Crippen molar-refractivity contribution >= 4 is 0 Å². The van der Waals surface area contributed by atoms with Gasteiger partial charge in [-0.05, 0) is 51.6 Å². The minimum Gasteiger partial charge on any atom is -0.314 e. The van der Waals surface area contributed by atoms with Gasteiger partial charge < -0.3 is 10.6 Å². The van der Waals surface area contributed by atoms with Crippen LogP contribution in [0.4, 0.5) is 0 Å². The zero-order valence-electron chi connectivity index (χ0n) is 8.52. The average molecular weight is 182 g/mol. The molecular weight excluding hydrogens is 160 g/mol. The summed E-state index contributed by atoms with van der Waals surface area (Å²) < 4.78 is 0. The lowest BCUT2D eigenvalue weighted by molar-refractivity contribution is 0.359. The second kappa shape index (κ2) is 4.97. The fraction of sp³-hybridized carbons (Fsp3) is 1.00. The molecule has 13 heavy (non-hydrogen) atoms. The molecule has 0 spiro atoms. The molecule has 2 aliphatic rings. The highest BCUT2D eigenvalue weighted by Gasteiger charge is 2.17. The van der Waals surface area contributed by atoms with Crippen molar-refractivity contribution in [3.8, 4) is 0 Å².